The molecule has 2 aromatic carbocycles. The van der Waals surface area contributed by atoms with E-state index in [1.54, 1.807) is 41.3 Å². The number of benzene rings is 2. The Morgan fingerprint density at radius 3 is 2.62 bits per heavy atom. The van der Waals surface area contributed by atoms with Gasteiger partial charge in [-0.2, -0.15) is 5.10 Å². The summed E-state index contributed by atoms with van der Waals surface area (Å²) in [5.74, 6) is -0.0716. The van der Waals surface area contributed by atoms with Crippen molar-refractivity contribution >= 4 is 17.5 Å². The first kappa shape index (κ1) is 21.4. The van der Waals surface area contributed by atoms with Crippen molar-refractivity contribution in [1.29, 1.82) is 0 Å². The minimum atomic E-state index is -0.815. The first-order chi connectivity index (χ1) is 16.6. The molecule has 8 nitrogen and oxygen atoms in total. The Balaban J connectivity index is 1.56. The van der Waals surface area contributed by atoms with E-state index in [0.717, 1.165) is 11.1 Å². The van der Waals surface area contributed by atoms with Crippen LogP contribution in [0.15, 0.2) is 85.3 Å². The number of ether oxygens (including phenoxy) is 1. The number of amides is 2. The van der Waals surface area contributed by atoms with Gasteiger partial charge in [0.1, 0.15) is 11.4 Å². The van der Waals surface area contributed by atoms with Gasteiger partial charge >= 0.3 is 0 Å². The van der Waals surface area contributed by atoms with Gasteiger partial charge in [-0.3, -0.25) is 19.3 Å². The second-order valence-electron chi connectivity index (χ2n) is 7.92. The molecule has 0 radical (unpaired) electrons. The zero-order valence-electron chi connectivity index (χ0n) is 18.6. The van der Waals surface area contributed by atoms with E-state index >= 15 is 0 Å². The maximum Gasteiger partial charge on any atom is 0.262 e. The fourth-order valence-corrected chi connectivity index (χ4v) is 4.02. The second kappa shape index (κ2) is 9.19. The molecule has 8 heteroatoms. The van der Waals surface area contributed by atoms with Crippen LogP contribution in [-0.4, -0.2) is 46.3 Å². The number of carbonyl (C=O) groups excluding carboxylic acids is 2. The number of carbonyl (C=O) groups is 2. The lowest BCUT2D eigenvalue weighted by Gasteiger charge is -2.34. The highest BCUT2D eigenvalue weighted by molar-refractivity contribution is 6.11. The number of anilines is 1. The van der Waals surface area contributed by atoms with Gasteiger partial charge in [0.25, 0.3) is 11.8 Å². The van der Waals surface area contributed by atoms with E-state index in [-0.39, 0.29) is 18.4 Å². The number of nitrogens with zero attached hydrogens (tertiary/aromatic N) is 4. The molecular formula is C26H23N5O3. The molecule has 3 heterocycles. The summed E-state index contributed by atoms with van der Waals surface area (Å²) in [6.07, 6.45) is 4.31. The molecule has 1 aliphatic heterocycles. The standard InChI is InChI=1S/C26H23N5O3/c1-27-25(32)23-17-31(21-11-5-6-12-22(21)34-23)26(33)20-16-30(15-18-8-3-2-4-9-18)29-24(20)19-10-7-13-28-14-19/h2-14,16,23H,15,17H2,1H3,(H,27,32)/t23-/m0/s1. The molecule has 0 fully saturated rings. The molecule has 0 aliphatic carbocycles. The number of aromatic nitrogens is 3. The smallest absolute Gasteiger partial charge is 0.262 e. The van der Waals surface area contributed by atoms with E-state index in [1.165, 1.54) is 0 Å². The molecule has 0 unspecified atom stereocenters. The summed E-state index contributed by atoms with van der Waals surface area (Å²) in [6, 6.07) is 20.8. The van der Waals surface area contributed by atoms with Gasteiger partial charge in [0.15, 0.2) is 6.10 Å². The summed E-state index contributed by atoms with van der Waals surface area (Å²) in [5, 5.41) is 7.34. The van der Waals surface area contributed by atoms with Crippen LogP contribution in [0, 0.1) is 0 Å². The molecule has 4 aromatic rings. The summed E-state index contributed by atoms with van der Waals surface area (Å²) in [5.41, 5.74) is 3.38. The van der Waals surface area contributed by atoms with Crippen LogP contribution >= 0.6 is 0 Å². The lowest BCUT2D eigenvalue weighted by atomic mass is 10.1. The molecule has 0 saturated carbocycles. The van der Waals surface area contributed by atoms with Crippen LogP contribution < -0.4 is 15.0 Å². The number of rotatable bonds is 5. The summed E-state index contributed by atoms with van der Waals surface area (Å²) >= 11 is 0. The molecular weight excluding hydrogens is 430 g/mol. The Morgan fingerprint density at radius 2 is 1.85 bits per heavy atom. The van der Waals surface area contributed by atoms with Crippen molar-refractivity contribution in [3.63, 3.8) is 0 Å². The number of hydrogen-bond acceptors (Lipinski definition) is 5. The molecule has 2 amide bonds. The minimum absolute atomic E-state index is 0.0892. The molecule has 1 aliphatic rings. The van der Waals surface area contributed by atoms with E-state index in [2.05, 4.69) is 10.3 Å². The van der Waals surface area contributed by atoms with Crippen molar-refractivity contribution < 1.29 is 14.3 Å². The number of pyridine rings is 1. The number of para-hydroxylation sites is 2. The average Bonchev–Trinajstić information content (AvgIpc) is 3.32. The van der Waals surface area contributed by atoms with Crippen LogP contribution in [0.3, 0.4) is 0 Å². The van der Waals surface area contributed by atoms with Crippen molar-refractivity contribution in [3.05, 3.63) is 96.4 Å². The number of fused-ring (bicyclic) bond motifs is 1. The minimum Gasteiger partial charge on any atom is -0.477 e. The Morgan fingerprint density at radius 1 is 1.06 bits per heavy atom. The average molecular weight is 454 g/mol. The quantitative estimate of drug-likeness (QED) is 0.502. The number of nitrogens with one attached hydrogen (secondary N) is 1. The molecule has 0 spiro atoms. The molecule has 170 valence electrons. The van der Waals surface area contributed by atoms with Gasteiger partial charge in [-0.15, -0.1) is 0 Å². The van der Waals surface area contributed by atoms with Gasteiger partial charge in [-0.05, 0) is 29.8 Å². The van der Waals surface area contributed by atoms with Crippen molar-refractivity contribution in [2.45, 2.75) is 12.6 Å². The molecule has 5 rings (SSSR count). The predicted octanol–water partition coefficient (Wildman–Crippen LogP) is 3.15. The maximum atomic E-state index is 13.9. The first-order valence-corrected chi connectivity index (χ1v) is 10.9. The van der Waals surface area contributed by atoms with Gasteiger partial charge in [0.2, 0.25) is 0 Å². The third-order valence-corrected chi connectivity index (χ3v) is 5.67. The molecule has 1 N–H and O–H groups in total. The zero-order chi connectivity index (χ0) is 23.5. The van der Waals surface area contributed by atoms with E-state index in [4.69, 9.17) is 9.84 Å². The topological polar surface area (TPSA) is 89.4 Å². The number of likely N-dealkylation sites (N-methyl/N-ethyl adjacent to an activating group) is 1. The van der Waals surface area contributed by atoms with Gasteiger partial charge in [-0.25, -0.2) is 0 Å². The molecule has 0 bridgehead atoms. The van der Waals surface area contributed by atoms with Crippen LogP contribution in [-0.2, 0) is 11.3 Å². The van der Waals surface area contributed by atoms with E-state index in [0.29, 0.717) is 29.2 Å². The highest BCUT2D eigenvalue weighted by Gasteiger charge is 2.35. The fraction of sp³-hybridized carbons (Fsp3) is 0.154. The summed E-state index contributed by atoms with van der Waals surface area (Å²) in [4.78, 5) is 32.1. The van der Waals surface area contributed by atoms with Gasteiger partial charge in [0.05, 0.1) is 24.3 Å². The summed E-state index contributed by atoms with van der Waals surface area (Å²) in [7, 11) is 1.55. The van der Waals surface area contributed by atoms with Crippen molar-refractivity contribution in [1.82, 2.24) is 20.1 Å². The lowest BCUT2D eigenvalue weighted by molar-refractivity contribution is -0.127. The Hall–Kier alpha value is -4.46. The van der Waals surface area contributed by atoms with Crippen molar-refractivity contribution in [2.24, 2.45) is 0 Å². The lowest BCUT2D eigenvalue weighted by Crippen LogP contribution is -2.50. The van der Waals surface area contributed by atoms with Gasteiger partial charge < -0.3 is 15.0 Å². The fourth-order valence-electron chi connectivity index (χ4n) is 4.02. The number of hydrogen-bond donors (Lipinski definition) is 1. The first-order valence-electron chi connectivity index (χ1n) is 10.9. The van der Waals surface area contributed by atoms with Crippen LogP contribution in [0.25, 0.3) is 11.3 Å². The highest BCUT2D eigenvalue weighted by atomic mass is 16.5. The van der Waals surface area contributed by atoms with Crippen molar-refractivity contribution in [3.8, 4) is 17.0 Å². The third-order valence-electron chi connectivity index (χ3n) is 5.67. The van der Waals surface area contributed by atoms with Crippen molar-refractivity contribution in [2.75, 3.05) is 18.5 Å². The van der Waals surface area contributed by atoms with E-state index in [1.807, 2.05) is 60.7 Å². The van der Waals surface area contributed by atoms with Crippen LogP contribution in [0.2, 0.25) is 0 Å². The van der Waals surface area contributed by atoms with Gasteiger partial charge in [0, 0.05) is 31.2 Å². The molecule has 2 aromatic heterocycles. The Labute approximate surface area is 196 Å². The zero-order valence-corrected chi connectivity index (χ0v) is 18.6. The molecule has 0 saturated heterocycles. The van der Waals surface area contributed by atoms with Crippen LogP contribution in [0.5, 0.6) is 5.75 Å². The molecule has 1 atom stereocenters. The second-order valence-corrected chi connectivity index (χ2v) is 7.92. The Bertz CT molecular complexity index is 1320. The van der Waals surface area contributed by atoms with Crippen LogP contribution in [0.1, 0.15) is 15.9 Å². The normalized spacial score (nSPS) is 14.7. The molecule has 34 heavy (non-hydrogen) atoms. The summed E-state index contributed by atoms with van der Waals surface area (Å²) in [6.45, 7) is 0.605. The maximum absolute atomic E-state index is 13.9. The SMILES string of the molecule is CNC(=O)[C@@H]1CN(C(=O)c2cn(Cc3ccccc3)nc2-c2cccnc2)c2ccccc2O1. The van der Waals surface area contributed by atoms with Gasteiger partial charge in [-0.1, -0.05) is 42.5 Å². The Kier molecular flexibility index (Phi) is 5.78. The van der Waals surface area contributed by atoms with Crippen LogP contribution in [0.4, 0.5) is 5.69 Å². The van der Waals surface area contributed by atoms with E-state index < -0.39 is 6.10 Å². The summed E-state index contributed by atoms with van der Waals surface area (Å²) < 4.78 is 7.62. The predicted molar refractivity (Wildman–Crippen MR) is 128 cm³/mol. The van der Waals surface area contributed by atoms with E-state index in [9.17, 15) is 9.59 Å². The monoisotopic (exact) mass is 453 g/mol. The third kappa shape index (κ3) is 4.13. The highest BCUT2D eigenvalue weighted by Crippen LogP contribution is 2.35. The largest absolute Gasteiger partial charge is 0.477 e.